The number of hydrogen-bond acceptors (Lipinski definition) is 5. The van der Waals surface area contributed by atoms with Crippen molar-refractivity contribution in [2.75, 3.05) is 6.79 Å². The van der Waals surface area contributed by atoms with Crippen LogP contribution in [0.3, 0.4) is 0 Å². The normalized spacial score (nSPS) is 14.7. The number of hydrazone groups is 1. The zero-order valence-electron chi connectivity index (χ0n) is 20.0. The number of benzene rings is 3. The van der Waals surface area contributed by atoms with Gasteiger partial charge < -0.3 is 14.8 Å². The van der Waals surface area contributed by atoms with Crippen LogP contribution in [0.5, 0.6) is 11.5 Å². The Hall–Kier alpha value is -4.39. The van der Waals surface area contributed by atoms with E-state index in [4.69, 9.17) is 9.47 Å². The summed E-state index contributed by atoms with van der Waals surface area (Å²) in [6.45, 7) is 2.01. The fraction of sp³-hybridized carbons (Fsp3) is 0.207. The maximum Gasteiger partial charge on any atom is 0.287 e. The summed E-state index contributed by atoms with van der Waals surface area (Å²) in [5.74, 6) is 0.290. The molecule has 2 N–H and O–H groups in total. The van der Waals surface area contributed by atoms with Crippen molar-refractivity contribution in [2.45, 2.75) is 32.6 Å². The highest BCUT2D eigenvalue weighted by atomic mass is 16.7. The Balaban J connectivity index is 1.38. The topological polar surface area (TPSA) is 89.0 Å². The molecule has 7 heteroatoms. The molecule has 1 aliphatic carbocycles. The molecule has 2 aliphatic rings. The van der Waals surface area contributed by atoms with Gasteiger partial charge in [0, 0.05) is 5.56 Å². The number of rotatable bonds is 6. The van der Waals surface area contributed by atoms with Crippen molar-refractivity contribution < 1.29 is 19.1 Å². The zero-order chi connectivity index (χ0) is 24.9. The molecule has 0 saturated carbocycles. The van der Waals surface area contributed by atoms with E-state index in [-0.39, 0.29) is 12.5 Å². The summed E-state index contributed by atoms with van der Waals surface area (Å²) in [7, 11) is 0. The Morgan fingerprint density at radius 1 is 0.861 bits per heavy atom. The van der Waals surface area contributed by atoms with E-state index in [1.165, 1.54) is 24.0 Å². The number of carbonyl (C=O) groups excluding carboxylic acids is 2. The second-order valence-corrected chi connectivity index (χ2v) is 8.82. The largest absolute Gasteiger partial charge is 0.454 e. The van der Waals surface area contributed by atoms with E-state index in [9.17, 15) is 9.59 Å². The summed E-state index contributed by atoms with van der Waals surface area (Å²) in [6.07, 6.45) is 6.18. The van der Waals surface area contributed by atoms with Crippen molar-refractivity contribution >= 4 is 23.6 Å². The van der Waals surface area contributed by atoms with Crippen molar-refractivity contribution in [1.29, 1.82) is 0 Å². The number of amides is 2. The second kappa shape index (κ2) is 10.5. The van der Waals surface area contributed by atoms with Crippen molar-refractivity contribution in [1.82, 2.24) is 10.7 Å². The van der Waals surface area contributed by atoms with Gasteiger partial charge in [-0.1, -0.05) is 36.4 Å². The number of ether oxygens (including phenoxy) is 2. The minimum Gasteiger partial charge on any atom is -0.454 e. The van der Waals surface area contributed by atoms with Gasteiger partial charge in [-0.15, -0.1) is 0 Å². The van der Waals surface area contributed by atoms with E-state index in [2.05, 4.69) is 28.0 Å². The minimum absolute atomic E-state index is 0.0599. The maximum atomic E-state index is 13.2. The van der Waals surface area contributed by atoms with Crippen LogP contribution in [-0.4, -0.2) is 24.3 Å². The zero-order valence-corrected chi connectivity index (χ0v) is 20.0. The van der Waals surface area contributed by atoms with Crippen LogP contribution in [0, 0.1) is 0 Å². The molecule has 0 bridgehead atoms. The lowest BCUT2D eigenvalue weighted by atomic mass is 9.90. The molecule has 0 radical (unpaired) electrons. The fourth-order valence-electron chi connectivity index (χ4n) is 4.33. The Morgan fingerprint density at radius 2 is 1.64 bits per heavy atom. The van der Waals surface area contributed by atoms with E-state index < -0.39 is 11.8 Å². The third kappa shape index (κ3) is 5.30. The number of nitrogens with one attached hydrogen (secondary N) is 2. The summed E-state index contributed by atoms with van der Waals surface area (Å²) in [5, 5.41) is 7.05. The molecule has 3 aromatic rings. The summed E-state index contributed by atoms with van der Waals surface area (Å²) >= 11 is 0. The number of hydrogen-bond donors (Lipinski definition) is 2. The predicted molar refractivity (Wildman–Crippen MR) is 138 cm³/mol. The van der Waals surface area contributed by atoms with Crippen LogP contribution >= 0.6 is 0 Å². The third-order valence-corrected chi connectivity index (χ3v) is 6.33. The summed E-state index contributed by atoms with van der Waals surface area (Å²) < 4.78 is 10.8. The van der Waals surface area contributed by atoms with Crippen LogP contribution in [0.2, 0.25) is 0 Å². The molecule has 1 aliphatic heterocycles. The first kappa shape index (κ1) is 23.4. The number of nitrogens with zero attached hydrogens (tertiary/aromatic N) is 1. The molecule has 0 aromatic heterocycles. The molecule has 3 aromatic carbocycles. The summed E-state index contributed by atoms with van der Waals surface area (Å²) in [6, 6.07) is 20.4. The minimum atomic E-state index is -0.533. The molecule has 36 heavy (non-hydrogen) atoms. The van der Waals surface area contributed by atoms with Crippen molar-refractivity contribution in [3.05, 3.63) is 100 Å². The lowest BCUT2D eigenvalue weighted by molar-refractivity contribution is -0.117. The van der Waals surface area contributed by atoms with E-state index in [0.29, 0.717) is 28.3 Å². The van der Waals surface area contributed by atoms with Crippen LogP contribution in [0.15, 0.2) is 77.5 Å². The lowest BCUT2D eigenvalue weighted by Gasteiger charge is -2.16. The Morgan fingerprint density at radius 3 is 2.47 bits per heavy atom. The average Bonchev–Trinajstić information content (AvgIpc) is 3.39. The number of aryl methyl sites for hydroxylation is 2. The highest BCUT2D eigenvalue weighted by Crippen LogP contribution is 2.33. The van der Waals surface area contributed by atoms with Gasteiger partial charge in [0.2, 0.25) is 6.79 Å². The van der Waals surface area contributed by atoms with E-state index in [1.807, 2.05) is 19.1 Å². The molecule has 2 amide bonds. The van der Waals surface area contributed by atoms with Gasteiger partial charge in [0.1, 0.15) is 5.70 Å². The van der Waals surface area contributed by atoms with Gasteiger partial charge in [0.25, 0.3) is 11.8 Å². The Kier molecular flexibility index (Phi) is 6.80. The van der Waals surface area contributed by atoms with Gasteiger partial charge >= 0.3 is 0 Å². The summed E-state index contributed by atoms with van der Waals surface area (Å²) in [5.41, 5.74) is 8.16. The Bertz CT molecular complexity index is 1360. The van der Waals surface area contributed by atoms with E-state index in [0.717, 1.165) is 18.4 Å². The molecule has 0 spiro atoms. The standard InChI is InChI=1S/C29H27N3O4/c1-19(23-13-12-21-7-5-6-10-24(21)17-23)31-32-29(34)25(30-28(33)22-8-3-2-4-9-22)15-20-11-14-26-27(16-20)36-18-35-26/h2-4,8-9,11-17H,5-7,10,18H2,1H3,(H,30,33)(H,32,34)/b25-15+,31-19+. The molecule has 0 unspecified atom stereocenters. The van der Waals surface area contributed by atoms with Gasteiger partial charge in [0.05, 0.1) is 5.71 Å². The van der Waals surface area contributed by atoms with Crippen LogP contribution in [-0.2, 0) is 17.6 Å². The number of carbonyl (C=O) groups is 2. The van der Waals surface area contributed by atoms with Crippen LogP contribution < -0.4 is 20.2 Å². The molecule has 0 atom stereocenters. The monoisotopic (exact) mass is 481 g/mol. The highest BCUT2D eigenvalue weighted by Gasteiger charge is 2.17. The van der Waals surface area contributed by atoms with Gasteiger partial charge in [-0.25, -0.2) is 5.43 Å². The number of fused-ring (bicyclic) bond motifs is 2. The highest BCUT2D eigenvalue weighted by molar-refractivity contribution is 6.06. The molecule has 0 fully saturated rings. The smallest absolute Gasteiger partial charge is 0.287 e. The van der Waals surface area contributed by atoms with Gasteiger partial charge in [-0.3, -0.25) is 9.59 Å². The first-order valence-corrected chi connectivity index (χ1v) is 12.0. The maximum absolute atomic E-state index is 13.2. The van der Waals surface area contributed by atoms with E-state index in [1.54, 1.807) is 48.5 Å². The quantitative estimate of drug-likeness (QED) is 0.306. The van der Waals surface area contributed by atoms with Gasteiger partial charge in [-0.2, -0.15) is 5.10 Å². The van der Waals surface area contributed by atoms with Crippen molar-refractivity contribution in [2.24, 2.45) is 5.10 Å². The fourth-order valence-corrected chi connectivity index (χ4v) is 4.33. The van der Waals surface area contributed by atoms with Crippen molar-refractivity contribution in [3.8, 4) is 11.5 Å². The van der Waals surface area contributed by atoms with E-state index >= 15 is 0 Å². The molecule has 182 valence electrons. The summed E-state index contributed by atoms with van der Waals surface area (Å²) in [4.78, 5) is 26.0. The molecule has 0 saturated heterocycles. The molecular formula is C29H27N3O4. The SMILES string of the molecule is C/C(=N\NC(=O)/C(=C\c1ccc2c(c1)OCO2)NC(=O)c1ccccc1)c1ccc2c(c1)CCCC2. The van der Waals surface area contributed by atoms with Crippen LogP contribution in [0.1, 0.15) is 52.4 Å². The molecular weight excluding hydrogens is 454 g/mol. The lowest BCUT2D eigenvalue weighted by Crippen LogP contribution is -2.33. The van der Waals surface area contributed by atoms with Gasteiger partial charge in [-0.05, 0) is 91.3 Å². The third-order valence-electron chi connectivity index (χ3n) is 6.33. The first-order chi connectivity index (χ1) is 17.6. The second-order valence-electron chi connectivity index (χ2n) is 8.82. The van der Waals surface area contributed by atoms with Crippen LogP contribution in [0.4, 0.5) is 0 Å². The average molecular weight is 482 g/mol. The van der Waals surface area contributed by atoms with Gasteiger partial charge in [0.15, 0.2) is 11.5 Å². The first-order valence-electron chi connectivity index (χ1n) is 12.0. The molecule has 1 heterocycles. The Labute approximate surface area is 209 Å². The molecule has 5 rings (SSSR count). The predicted octanol–water partition coefficient (Wildman–Crippen LogP) is 4.61. The van der Waals surface area contributed by atoms with Crippen molar-refractivity contribution in [3.63, 3.8) is 0 Å². The van der Waals surface area contributed by atoms with Crippen LogP contribution in [0.25, 0.3) is 6.08 Å². The molecule has 7 nitrogen and oxygen atoms in total.